The number of allylic oxidation sites excluding steroid dienone is 1. The lowest BCUT2D eigenvalue weighted by Gasteiger charge is -2.60. The second kappa shape index (κ2) is 28.4. The van der Waals surface area contributed by atoms with Crippen LogP contribution in [0.5, 0.6) is 17.2 Å². The van der Waals surface area contributed by atoms with E-state index in [1.165, 1.54) is 50.5 Å². The van der Waals surface area contributed by atoms with Crippen LogP contribution in [0.4, 0.5) is 4.79 Å². The molecule has 0 spiro atoms. The van der Waals surface area contributed by atoms with Crippen molar-refractivity contribution in [3.05, 3.63) is 161 Å². The summed E-state index contributed by atoms with van der Waals surface area (Å²) in [5.41, 5.74) is 6.99. The summed E-state index contributed by atoms with van der Waals surface area (Å²) in [4.78, 5) is 23.7. The maximum absolute atomic E-state index is 15.5. The van der Waals surface area contributed by atoms with Crippen molar-refractivity contribution in [2.45, 2.75) is 161 Å². The van der Waals surface area contributed by atoms with Gasteiger partial charge >= 0.3 is 6.09 Å². The predicted molar refractivity (Wildman–Crippen MR) is 305 cm³/mol. The normalized spacial score (nSPS) is 21.0. The second-order valence-electron chi connectivity index (χ2n) is 21.4. The van der Waals surface area contributed by atoms with Gasteiger partial charge in [0.15, 0.2) is 0 Å². The number of hydrogen-bond acceptors (Lipinski definition) is 9. The Hall–Kier alpha value is -5.94. The Morgan fingerprint density at radius 1 is 0.776 bits per heavy atom. The third kappa shape index (κ3) is 14.0. The first-order valence-corrected chi connectivity index (χ1v) is 28.7. The molecule has 76 heavy (non-hydrogen) atoms. The highest BCUT2D eigenvalue weighted by atomic mass is 16.7. The van der Waals surface area contributed by atoms with Gasteiger partial charge in [0.25, 0.3) is 0 Å². The van der Waals surface area contributed by atoms with E-state index in [0.717, 1.165) is 95.0 Å². The van der Waals surface area contributed by atoms with Crippen molar-refractivity contribution in [2.24, 2.45) is 22.9 Å². The molecule has 10 heteroatoms. The zero-order valence-electron chi connectivity index (χ0n) is 45.6. The van der Waals surface area contributed by atoms with Crippen LogP contribution in [-0.2, 0) is 27.5 Å². The van der Waals surface area contributed by atoms with Gasteiger partial charge in [-0.2, -0.15) is 0 Å². The third-order valence-corrected chi connectivity index (χ3v) is 16.2. The lowest BCUT2D eigenvalue weighted by molar-refractivity contribution is -0.256. The average Bonchev–Trinajstić information content (AvgIpc) is 3.44. The van der Waals surface area contributed by atoms with Gasteiger partial charge in [0, 0.05) is 31.1 Å². The van der Waals surface area contributed by atoms with Crippen LogP contribution < -0.4 is 9.47 Å². The summed E-state index contributed by atoms with van der Waals surface area (Å²) in [7, 11) is 0. The van der Waals surface area contributed by atoms with Crippen molar-refractivity contribution >= 4 is 22.6 Å². The monoisotopic (exact) mass is 1030 g/mol. The number of unbranched alkanes of at least 4 members (excludes halogenated alkanes) is 11. The molecule has 6 atom stereocenters. The van der Waals surface area contributed by atoms with Crippen molar-refractivity contribution in [3.8, 4) is 17.2 Å². The number of ether oxygens (including phenoxy) is 4. The van der Waals surface area contributed by atoms with Gasteiger partial charge in [0.2, 0.25) is 5.79 Å². The van der Waals surface area contributed by atoms with Crippen LogP contribution in [-0.4, -0.2) is 65.2 Å². The number of aliphatic hydroxyl groups excluding tert-OH is 2. The zero-order chi connectivity index (χ0) is 53.1. The predicted octanol–water partition coefficient (Wildman–Crippen LogP) is 15.6. The molecule has 406 valence electrons. The van der Waals surface area contributed by atoms with Gasteiger partial charge in [-0.3, -0.25) is 4.90 Å². The van der Waals surface area contributed by atoms with E-state index >= 15 is 4.79 Å². The highest BCUT2D eigenvalue weighted by Crippen LogP contribution is 2.62. The molecule has 5 aromatic rings. The Morgan fingerprint density at radius 3 is 2.22 bits per heavy atom. The Kier molecular flexibility index (Phi) is 21.1. The number of rotatable bonds is 30. The molecule has 1 saturated carbocycles. The first-order valence-electron chi connectivity index (χ1n) is 28.7. The lowest BCUT2D eigenvalue weighted by atomic mass is 9.55. The van der Waals surface area contributed by atoms with Crippen LogP contribution in [0.1, 0.15) is 150 Å². The summed E-state index contributed by atoms with van der Waals surface area (Å²) in [6.45, 7) is 11.7. The molecule has 1 aliphatic heterocycles. The van der Waals surface area contributed by atoms with E-state index in [1.54, 1.807) is 6.08 Å². The molecule has 5 aromatic carbocycles. The molecule has 2 N–H and O–H groups in total. The van der Waals surface area contributed by atoms with Gasteiger partial charge in [-0.05, 0) is 127 Å². The number of aliphatic hydroxyl groups is 2. The minimum absolute atomic E-state index is 0.0465. The Bertz CT molecular complexity index is 2700. The van der Waals surface area contributed by atoms with Gasteiger partial charge in [-0.15, -0.1) is 6.58 Å². The topological polar surface area (TPSA) is 119 Å². The van der Waals surface area contributed by atoms with E-state index in [-0.39, 0.29) is 57.1 Å². The highest BCUT2D eigenvalue weighted by molar-refractivity contribution is 6.03. The quantitative estimate of drug-likeness (QED) is 0.0265. The fourth-order valence-electron chi connectivity index (χ4n) is 12.1. The molecule has 0 radical (unpaired) electrons. The Morgan fingerprint density at radius 2 is 1.47 bits per heavy atom. The summed E-state index contributed by atoms with van der Waals surface area (Å²) in [5, 5.41) is 27.5. The molecule has 2 aliphatic carbocycles. The molecule has 0 bridgehead atoms. The van der Waals surface area contributed by atoms with Crippen LogP contribution in [0.2, 0.25) is 0 Å². The summed E-state index contributed by atoms with van der Waals surface area (Å²) in [5.74, 6) is 0.0394. The first-order chi connectivity index (χ1) is 37.3. The van der Waals surface area contributed by atoms with Crippen molar-refractivity contribution in [1.29, 1.82) is 0 Å². The van der Waals surface area contributed by atoms with Crippen LogP contribution >= 0.6 is 0 Å². The van der Waals surface area contributed by atoms with E-state index in [4.69, 9.17) is 28.9 Å². The van der Waals surface area contributed by atoms with Crippen molar-refractivity contribution < 1.29 is 38.8 Å². The molecule has 0 aromatic heterocycles. The minimum atomic E-state index is -1.46. The molecule has 8 rings (SSSR count). The molecule has 6 unspecified atom stereocenters. The number of hydrogen-bond donors (Lipinski definition) is 2. The molecule has 1 amide bonds. The van der Waals surface area contributed by atoms with Crippen molar-refractivity contribution in [3.63, 3.8) is 0 Å². The first kappa shape index (κ1) is 56.3. The van der Waals surface area contributed by atoms with Crippen molar-refractivity contribution in [2.75, 3.05) is 26.4 Å². The number of benzene rings is 5. The van der Waals surface area contributed by atoms with E-state index in [0.29, 0.717) is 30.9 Å². The third-order valence-electron chi connectivity index (χ3n) is 16.2. The molecular formula is C66H84N2O8. The van der Waals surface area contributed by atoms with Crippen LogP contribution in [0.25, 0.3) is 10.8 Å². The maximum Gasteiger partial charge on any atom is 0.410 e. The number of fused-ring (bicyclic) bond motifs is 3. The van der Waals surface area contributed by atoms with Crippen molar-refractivity contribution in [1.82, 2.24) is 4.90 Å². The van der Waals surface area contributed by atoms with E-state index < -0.39 is 23.8 Å². The molecular weight excluding hydrogens is 949 g/mol. The average molecular weight is 1030 g/mol. The van der Waals surface area contributed by atoms with Gasteiger partial charge in [-0.25, -0.2) is 4.79 Å². The minimum Gasteiger partial charge on any atom is -0.459 e. The summed E-state index contributed by atoms with van der Waals surface area (Å²) in [6.07, 6.45) is 20.4. The highest BCUT2D eigenvalue weighted by Gasteiger charge is 2.66. The number of nitrogens with zero attached hydrogens (tertiary/aromatic N) is 2. The van der Waals surface area contributed by atoms with Crippen LogP contribution in [0, 0.1) is 31.6 Å². The zero-order valence-corrected chi connectivity index (χ0v) is 45.6. The molecule has 10 nitrogen and oxygen atoms in total. The Balaban J connectivity index is 1.26. The summed E-state index contributed by atoms with van der Waals surface area (Å²) >= 11 is 0. The second-order valence-corrected chi connectivity index (χ2v) is 21.4. The Labute approximate surface area is 453 Å². The summed E-state index contributed by atoms with van der Waals surface area (Å²) in [6, 6.07) is 36.1. The summed E-state index contributed by atoms with van der Waals surface area (Å²) < 4.78 is 28.1. The van der Waals surface area contributed by atoms with E-state index in [1.807, 2.05) is 65.6 Å². The molecule has 1 fully saturated rings. The van der Waals surface area contributed by atoms with Gasteiger partial charge in [0.1, 0.15) is 29.9 Å². The van der Waals surface area contributed by atoms with E-state index in [2.05, 4.69) is 82.0 Å². The number of aryl methyl sites for hydroxylation is 2. The molecule has 0 saturated heterocycles. The number of carbonyl (C=O) groups is 1. The number of carbonyl (C=O) groups excluding carboxylic acids is 1. The molecule has 1 heterocycles. The fraction of sp³-hybridized carbons (Fsp3) is 0.485. The van der Waals surface area contributed by atoms with E-state index in [9.17, 15) is 10.2 Å². The fourth-order valence-corrected chi connectivity index (χ4v) is 12.1. The largest absolute Gasteiger partial charge is 0.459 e. The maximum atomic E-state index is 15.5. The SMILES string of the molecule is C=CCOC12Oc3ccc(Oc4ccc(C)c(C)c4)cc3C3C(CCCCO)C(CCCCO)C=C(C(=NOCc4ccccc4)CC1N(Cc1cccc4ccccc14)C(=O)OCCCCCCCCCCCC)C32. The molecule has 3 aliphatic rings. The van der Waals surface area contributed by atoms with Crippen LogP contribution in [0.15, 0.2) is 139 Å². The van der Waals surface area contributed by atoms with Gasteiger partial charge in [-0.1, -0.05) is 174 Å². The van der Waals surface area contributed by atoms with Gasteiger partial charge in [0.05, 0.1) is 31.4 Å². The standard InChI is InChI=1S/C66H84N2O8/c1-5-7-8-9-10-11-12-13-14-24-41-72-65(71)68(46-53-31-25-30-51-28-18-19-32-56(51)53)62-45-60(67-74-47-50-26-16-15-17-27-50)58-43-52(29-20-22-38-69)57(33-21-23-39-70)63-59-44-55(75-54-35-34-48(3)49(4)42-54)36-37-61(59)76-66(62,64(58)63)73-40-6-2/h6,15-19,25-28,30-32,34-37,42-44,52,57,62-64,69-70H,2,5,7-14,20-24,29,33,38-41,45-47H2,1,3-4H3. The lowest BCUT2D eigenvalue weighted by Crippen LogP contribution is -2.70. The van der Waals surface area contributed by atoms with Crippen LogP contribution in [0.3, 0.4) is 0 Å². The van der Waals surface area contributed by atoms with Gasteiger partial charge < -0.3 is 34.0 Å². The smallest absolute Gasteiger partial charge is 0.410 e. The number of oxime groups is 1. The number of amides is 1.